The third-order valence-electron chi connectivity index (χ3n) is 2.98. The zero-order valence-electron chi connectivity index (χ0n) is 11.8. The van der Waals surface area contributed by atoms with Gasteiger partial charge in [-0.15, -0.1) is 0 Å². The molecule has 0 heterocycles. The minimum atomic E-state index is -0.486. The Bertz CT molecular complexity index is 776. The molecule has 23 heavy (non-hydrogen) atoms. The summed E-state index contributed by atoms with van der Waals surface area (Å²) in [5, 5.41) is 14.4. The summed E-state index contributed by atoms with van der Waals surface area (Å²) < 4.78 is 0. The molecule has 0 saturated carbocycles. The lowest BCUT2D eigenvalue weighted by atomic mass is 10.2. The second-order valence-corrected chi connectivity index (χ2v) is 5.48. The van der Waals surface area contributed by atoms with Crippen molar-refractivity contribution in [2.24, 2.45) is 0 Å². The minimum absolute atomic E-state index is 0.0273. The van der Waals surface area contributed by atoms with Gasteiger partial charge in [-0.25, -0.2) is 0 Å². The molecule has 0 fully saturated rings. The molecule has 2 rings (SSSR count). The maximum atomic E-state index is 11.8. The Kier molecular flexibility index (Phi) is 5.73. The van der Waals surface area contributed by atoms with Crippen molar-refractivity contribution in [1.29, 1.82) is 0 Å². The van der Waals surface area contributed by atoms with Gasteiger partial charge in [0.2, 0.25) is 5.91 Å². The van der Waals surface area contributed by atoms with Crippen LogP contribution in [0, 0.1) is 10.1 Å². The fraction of sp³-hybridized carbons (Fsp3) is 0.0625. The molecule has 0 aliphatic carbocycles. The summed E-state index contributed by atoms with van der Waals surface area (Å²) in [7, 11) is 0. The van der Waals surface area contributed by atoms with E-state index in [2.05, 4.69) is 5.32 Å². The summed E-state index contributed by atoms with van der Waals surface area (Å²) in [6.07, 6.45) is 2.81. The van der Waals surface area contributed by atoms with Crippen molar-refractivity contribution >= 4 is 40.9 Å². The van der Waals surface area contributed by atoms with E-state index in [1.54, 1.807) is 30.3 Å². The molecule has 0 aliphatic rings. The zero-order valence-corrected chi connectivity index (χ0v) is 13.3. The number of carbonyl (C=O) groups excluding carboxylic acids is 1. The van der Waals surface area contributed by atoms with Gasteiger partial charge in [-0.3, -0.25) is 14.9 Å². The summed E-state index contributed by atoms with van der Waals surface area (Å²) in [6, 6.07) is 11.0. The van der Waals surface area contributed by atoms with Crippen molar-refractivity contribution < 1.29 is 9.72 Å². The molecule has 0 radical (unpaired) electrons. The van der Waals surface area contributed by atoms with Crippen LogP contribution in [0.5, 0.6) is 0 Å². The largest absolute Gasteiger partial charge is 0.348 e. The van der Waals surface area contributed by atoms with Crippen molar-refractivity contribution in [2.45, 2.75) is 6.54 Å². The number of hydrogen-bond acceptors (Lipinski definition) is 3. The molecule has 0 aromatic heterocycles. The van der Waals surface area contributed by atoms with Crippen LogP contribution in [0.25, 0.3) is 6.08 Å². The van der Waals surface area contributed by atoms with Crippen LogP contribution in [0.15, 0.2) is 48.5 Å². The molecule has 118 valence electrons. The number of amides is 1. The molecule has 1 N–H and O–H groups in total. The Morgan fingerprint density at radius 1 is 1.22 bits per heavy atom. The van der Waals surface area contributed by atoms with Gasteiger partial charge in [-0.2, -0.15) is 0 Å². The van der Waals surface area contributed by atoms with Crippen molar-refractivity contribution in [2.75, 3.05) is 0 Å². The summed E-state index contributed by atoms with van der Waals surface area (Å²) in [5.41, 5.74) is 1.28. The van der Waals surface area contributed by atoms with Crippen molar-refractivity contribution in [1.82, 2.24) is 5.32 Å². The van der Waals surface area contributed by atoms with Gasteiger partial charge >= 0.3 is 0 Å². The third kappa shape index (κ3) is 5.09. The number of benzene rings is 2. The Morgan fingerprint density at radius 2 is 2.00 bits per heavy atom. The van der Waals surface area contributed by atoms with Crippen LogP contribution in [0.2, 0.25) is 10.0 Å². The summed E-state index contributed by atoms with van der Waals surface area (Å²) in [6.45, 7) is 0.258. The number of rotatable bonds is 5. The number of nitro groups is 1. The predicted molar refractivity (Wildman–Crippen MR) is 90.4 cm³/mol. The monoisotopic (exact) mass is 350 g/mol. The first-order valence-electron chi connectivity index (χ1n) is 6.60. The van der Waals surface area contributed by atoms with Crippen molar-refractivity contribution in [3.05, 3.63) is 79.8 Å². The number of carbonyl (C=O) groups is 1. The molecule has 1 amide bonds. The van der Waals surface area contributed by atoms with Crippen LogP contribution < -0.4 is 5.32 Å². The van der Waals surface area contributed by atoms with Gasteiger partial charge < -0.3 is 5.32 Å². The highest BCUT2D eigenvalue weighted by Gasteiger charge is 2.05. The fourth-order valence-electron chi connectivity index (χ4n) is 1.82. The number of nitro benzene ring substituents is 1. The Balaban J connectivity index is 1.96. The van der Waals surface area contributed by atoms with Crippen LogP contribution in [0.1, 0.15) is 11.1 Å². The van der Waals surface area contributed by atoms with E-state index in [9.17, 15) is 14.9 Å². The zero-order chi connectivity index (χ0) is 16.8. The number of non-ortho nitro benzene ring substituents is 1. The number of nitrogens with one attached hydrogen (secondary N) is 1. The van der Waals surface area contributed by atoms with Gasteiger partial charge in [0.15, 0.2) is 0 Å². The molecule has 0 saturated heterocycles. The first kappa shape index (κ1) is 17.0. The normalized spacial score (nSPS) is 10.7. The van der Waals surface area contributed by atoms with E-state index in [1.165, 1.54) is 24.3 Å². The van der Waals surface area contributed by atoms with E-state index >= 15 is 0 Å². The molecule has 0 aliphatic heterocycles. The van der Waals surface area contributed by atoms with Gasteiger partial charge in [-0.05, 0) is 29.3 Å². The van der Waals surface area contributed by atoms with E-state index in [-0.39, 0.29) is 18.1 Å². The van der Waals surface area contributed by atoms with E-state index in [0.717, 1.165) is 5.56 Å². The van der Waals surface area contributed by atoms with Crippen LogP contribution in [0.4, 0.5) is 5.69 Å². The minimum Gasteiger partial charge on any atom is -0.348 e. The highest BCUT2D eigenvalue weighted by Crippen LogP contribution is 2.20. The summed E-state index contributed by atoms with van der Waals surface area (Å²) in [5.74, 6) is -0.331. The number of nitrogens with zero attached hydrogens (tertiary/aromatic N) is 1. The molecule has 5 nitrogen and oxygen atoms in total. The molecular weight excluding hydrogens is 339 g/mol. The molecule has 0 unspecified atom stereocenters. The number of halogens is 2. The van der Waals surface area contributed by atoms with Gasteiger partial charge in [0.05, 0.1) is 4.92 Å². The maximum Gasteiger partial charge on any atom is 0.270 e. The smallest absolute Gasteiger partial charge is 0.270 e. The fourth-order valence-corrected chi connectivity index (χ4v) is 2.30. The van der Waals surface area contributed by atoms with E-state index in [1.807, 2.05) is 0 Å². The summed E-state index contributed by atoms with van der Waals surface area (Å²) in [4.78, 5) is 22.0. The molecule has 0 bridgehead atoms. The van der Waals surface area contributed by atoms with E-state index in [0.29, 0.717) is 15.6 Å². The second kappa shape index (κ2) is 7.76. The van der Waals surface area contributed by atoms with Crippen molar-refractivity contribution in [3.8, 4) is 0 Å². The number of hydrogen-bond donors (Lipinski definition) is 1. The molecule has 2 aromatic carbocycles. The third-order valence-corrected chi connectivity index (χ3v) is 3.56. The van der Waals surface area contributed by atoms with Gasteiger partial charge in [0, 0.05) is 34.8 Å². The lowest BCUT2D eigenvalue weighted by Gasteiger charge is -2.05. The van der Waals surface area contributed by atoms with Crippen LogP contribution in [0.3, 0.4) is 0 Å². The first-order chi connectivity index (χ1) is 11.0. The van der Waals surface area contributed by atoms with Crippen molar-refractivity contribution in [3.63, 3.8) is 0 Å². The average molecular weight is 351 g/mol. The van der Waals surface area contributed by atoms with Crippen LogP contribution in [-0.2, 0) is 11.3 Å². The average Bonchev–Trinajstić information content (AvgIpc) is 2.52. The molecule has 0 atom stereocenters. The second-order valence-electron chi connectivity index (χ2n) is 4.64. The van der Waals surface area contributed by atoms with Gasteiger partial charge in [0.1, 0.15) is 0 Å². The standard InChI is InChI=1S/C16H12Cl2N2O3/c17-13-6-5-12(15(18)9-13)10-19-16(21)7-4-11-2-1-3-14(8-11)20(22)23/h1-9H,10H2,(H,19,21)/b7-4+. The molecule has 7 heteroatoms. The lowest BCUT2D eigenvalue weighted by molar-refractivity contribution is -0.384. The Labute approximate surface area is 142 Å². The summed E-state index contributed by atoms with van der Waals surface area (Å²) >= 11 is 11.8. The molecule has 0 spiro atoms. The topological polar surface area (TPSA) is 72.2 Å². The maximum absolute atomic E-state index is 11.8. The Morgan fingerprint density at radius 3 is 2.70 bits per heavy atom. The highest BCUT2D eigenvalue weighted by molar-refractivity contribution is 6.35. The lowest BCUT2D eigenvalue weighted by Crippen LogP contribution is -2.20. The quantitative estimate of drug-likeness (QED) is 0.498. The van der Waals surface area contributed by atoms with E-state index in [4.69, 9.17) is 23.2 Å². The Hall–Kier alpha value is -2.37. The van der Waals surface area contributed by atoms with E-state index < -0.39 is 4.92 Å². The van der Waals surface area contributed by atoms with Gasteiger partial charge in [-0.1, -0.05) is 41.4 Å². The SMILES string of the molecule is O=C(/C=C/c1cccc([N+](=O)[O-])c1)NCc1ccc(Cl)cc1Cl. The molecule has 2 aromatic rings. The highest BCUT2D eigenvalue weighted by atomic mass is 35.5. The predicted octanol–water partition coefficient (Wildman–Crippen LogP) is 4.23. The first-order valence-corrected chi connectivity index (χ1v) is 7.35. The van der Waals surface area contributed by atoms with Crippen LogP contribution in [-0.4, -0.2) is 10.8 Å². The van der Waals surface area contributed by atoms with Gasteiger partial charge in [0.25, 0.3) is 5.69 Å². The van der Waals surface area contributed by atoms with Crippen LogP contribution >= 0.6 is 23.2 Å². The molecular formula is C16H12Cl2N2O3.